The zero-order chi connectivity index (χ0) is 29.1. The number of carbonyl (C=O) groups excluding carboxylic acids is 4. The molecule has 11 nitrogen and oxygen atoms in total. The number of thioether (sulfide) groups is 1. The van der Waals surface area contributed by atoms with E-state index in [9.17, 15) is 39.6 Å². The van der Waals surface area contributed by atoms with Crippen LogP contribution in [0.25, 0.3) is 0 Å². The molecule has 0 bridgehead atoms. The van der Waals surface area contributed by atoms with Gasteiger partial charge in [-0.15, -0.1) is 0 Å². The molecule has 0 aliphatic heterocycles. The Bertz CT molecular complexity index is 1550. The van der Waals surface area contributed by atoms with E-state index in [4.69, 9.17) is 5.73 Å². The third kappa shape index (κ3) is 4.11. The van der Waals surface area contributed by atoms with Gasteiger partial charge in [0, 0.05) is 42.6 Å². The summed E-state index contributed by atoms with van der Waals surface area (Å²) in [7, 11) is 3.47. The van der Waals surface area contributed by atoms with Crippen molar-refractivity contribution >= 4 is 45.8 Å². The first-order valence-corrected chi connectivity index (χ1v) is 13.2. The number of aliphatic hydroxyl groups excluding tert-OH is 2. The number of rotatable bonds is 4. The van der Waals surface area contributed by atoms with Crippen LogP contribution in [0.15, 0.2) is 64.0 Å². The van der Waals surface area contributed by atoms with Crippen LogP contribution in [0.1, 0.15) is 28.8 Å². The van der Waals surface area contributed by atoms with Crippen LogP contribution in [0.5, 0.6) is 5.75 Å². The summed E-state index contributed by atoms with van der Waals surface area (Å²) < 4.78 is 0. The van der Waals surface area contributed by atoms with Crippen molar-refractivity contribution in [3.63, 3.8) is 0 Å². The highest BCUT2D eigenvalue weighted by Gasteiger charge is 2.59. The number of nitrogens with one attached hydrogen (secondary N) is 1. The highest BCUT2D eigenvalue weighted by atomic mass is 32.2. The first-order chi connectivity index (χ1) is 18.9. The second-order valence-electron chi connectivity index (χ2n) is 10.3. The number of primary amides is 1. The minimum absolute atomic E-state index is 0.0305. The number of phenols is 1. The van der Waals surface area contributed by atoms with Gasteiger partial charge in [-0.05, 0) is 54.3 Å². The van der Waals surface area contributed by atoms with Crippen LogP contribution in [0.2, 0.25) is 0 Å². The molecule has 0 fully saturated rings. The van der Waals surface area contributed by atoms with E-state index >= 15 is 0 Å². The van der Waals surface area contributed by atoms with Crippen LogP contribution < -0.4 is 16.0 Å². The van der Waals surface area contributed by atoms with Gasteiger partial charge in [0.25, 0.3) is 11.1 Å². The Morgan fingerprint density at radius 3 is 2.40 bits per heavy atom. The molecule has 2 amide bonds. The average molecular weight is 566 g/mol. The maximum atomic E-state index is 13.9. The van der Waals surface area contributed by atoms with Gasteiger partial charge in [0.15, 0.2) is 17.1 Å². The fourth-order valence-electron chi connectivity index (χ4n) is 5.89. The Kier molecular flexibility index (Phi) is 6.63. The number of carbonyl (C=O) groups is 4. The number of aromatic hydroxyl groups is 1. The molecular formula is C28H27N3O8S. The van der Waals surface area contributed by atoms with Crippen molar-refractivity contribution in [2.45, 2.75) is 29.8 Å². The molecule has 12 heteroatoms. The number of nitrogens with zero attached hydrogens (tertiary/aromatic N) is 1. The highest BCUT2D eigenvalue weighted by molar-refractivity contribution is 8.13. The van der Waals surface area contributed by atoms with Gasteiger partial charge >= 0.3 is 0 Å². The number of aliphatic hydroxyl groups is 3. The summed E-state index contributed by atoms with van der Waals surface area (Å²) in [5, 5.41) is 46.2. The summed E-state index contributed by atoms with van der Waals surface area (Å²) in [4.78, 5) is 54.0. The molecule has 40 heavy (non-hydrogen) atoms. The number of hydrogen-bond acceptors (Lipinski definition) is 10. The summed E-state index contributed by atoms with van der Waals surface area (Å²) >= 11 is 0.891. The number of anilines is 2. The fourth-order valence-corrected chi connectivity index (χ4v) is 6.56. The van der Waals surface area contributed by atoms with Crippen LogP contribution in [-0.4, -0.2) is 62.8 Å². The Hall–Kier alpha value is -4.29. The lowest BCUT2D eigenvalue weighted by Crippen LogP contribution is -2.57. The van der Waals surface area contributed by atoms with Gasteiger partial charge in [-0.3, -0.25) is 19.2 Å². The quantitative estimate of drug-likeness (QED) is 0.183. The Morgan fingerprint density at radius 2 is 1.77 bits per heavy atom. The first kappa shape index (κ1) is 27.3. The number of fused-ring (bicyclic) bond motifs is 3. The summed E-state index contributed by atoms with van der Waals surface area (Å²) in [6.07, 6.45) is -0.115. The number of hydrogen-bond donors (Lipinski definition) is 6. The van der Waals surface area contributed by atoms with Gasteiger partial charge in [0.2, 0.25) is 5.78 Å². The molecule has 208 valence electrons. The van der Waals surface area contributed by atoms with Crippen molar-refractivity contribution in [1.29, 1.82) is 0 Å². The molecule has 3 atom stereocenters. The number of phenolic OH excluding ortho intramolecular Hbond substituents is 1. The molecule has 2 aromatic carbocycles. The predicted molar refractivity (Wildman–Crippen MR) is 146 cm³/mol. The van der Waals surface area contributed by atoms with Gasteiger partial charge < -0.3 is 36.4 Å². The molecular weight excluding hydrogens is 538 g/mol. The zero-order valence-corrected chi connectivity index (χ0v) is 22.4. The first-order valence-electron chi connectivity index (χ1n) is 12.4. The van der Waals surface area contributed by atoms with Crippen molar-refractivity contribution in [3.8, 4) is 5.75 Å². The average Bonchev–Trinajstić information content (AvgIpc) is 2.88. The second kappa shape index (κ2) is 9.72. The maximum absolute atomic E-state index is 13.9. The van der Waals surface area contributed by atoms with Crippen LogP contribution in [0, 0.1) is 11.8 Å². The van der Waals surface area contributed by atoms with Crippen LogP contribution in [-0.2, 0) is 16.0 Å². The van der Waals surface area contributed by atoms with Crippen molar-refractivity contribution in [2.75, 3.05) is 24.3 Å². The van der Waals surface area contributed by atoms with Gasteiger partial charge in [0.1, 0.15) is 17.1 Å². The van der Waals surface area contributed by atoms with Gasteiger partial charge in [-0.25, -0.2) is 0 Å². The molecule has 0 radical (unpaired) electrons. The molecule has 0 aromatic heterocycles. The highest BCUT2D eigenvalue weighted by Crippen LogP contribution is 2.53. The van der Waals surface area contributed by atoms with Gasteiger partial charge in [-0.2, -0.15) is 0 Å². The van der Waals surface area contributed by atoms with Crippen LogP contribution >= 0.6 is 11.8 Å². The molecule has 0 saturated heterocycles. The molecule has 0 heterocycles. The smallest absolute Gasteiger partial charge is 0.288 e. The van der Waals surface area contributed by atoms with E-state index in [1.165, 1.54) is 0 Å². The van der Waals surface area contributed by atoms with Gasteiger partial charge in [-0.1, -0.05) is 18.2 Å². The monoisotopic (exact) mass is 565 g/mol. The van der Waals surface area contributed by atoms with Crippen molar-refractivity contribution < 1.29 is 39.6 Å². The number of ketones is 2. The molecule has 0 unspecified atom stereocenters. The van der Waals surface area contributed by atoms with E-state index in [1.807, 2.05) is 6.07 Å². The number of nitrogens with two attached hydrogens (primary N) is 1. The number of allylic oxidation sites excluding steroid dienone is 2. The normalized spacial score (nSPS) is 23.8. The topological polar surface area (TPSA) is 190 Å². The summed E-state index contributed by atoms with van der Waals surface area (Å²) in [5.41, 5.74) is 2.29. The number of benzene rings is 2. The summed E-state index contributed by atoms with van der Waals surface area (Å²) in [5.74, 6) is -7.08. The van der Waals surface area contributed by atoms with E-state index in [1.54, 1.807) is 49.3 Å². The Balaban J connectivity index is 1.59. The Labute approximate surface area is 233 Å². The lowest BCUT2D eigenvalue weighted by Gasteiger charge is -2.45. The number of amides is 2. The van der Waals surface area contributed by atoms with E-state index in [2.05, 4.69) is 5.32 Å². The third-order valence-electron chi connectivity index (χ3n) is 7.71. The minimum Gasteiger partial charge on any atom is -0.511 e. The largest absolute Gasteiger partial charge is 0.511 e. The SMILES string of the molecule is CN(C)c1cc(NC(=O)Sc2ccccc2)c(O)c2c1C[C@H]1C[C@H]3CC(O)=C(C(N)=O)C(=O)[C@@]3(O)C(O)=C1C2=O. The van der Waals surface area contributed by atoms with E-state index in [-0.39, 0.29) is 36.1 Å². The molecule has 3 aliphatic carbocycles. The van der Waals surface area contributed by atoms with E-state index in [0.717, 1.165) is 11.8 Å². The molecule has 0 saturated carbocycles. The number of Topliss-reactive ketones (excluding diaryl/α,β-unsaturated/α-hetero) is 2. The fraction of sp³-hybridized carbons (Fsp3) is 0.286. The van der Waals surface area contributed by atoms with E-state index < -0.39 is 63.0 Å². The van der Waals surface area contributed by atoms with Crippen molar-refractivity contribution in [2.24, 2.45) is 17.6 Å². The molecule has 0 spiro atoms. The van der Waals surface area contributed by atoms with Crippen molar-refractivity contribution in [1.82, 2.24) is 0 Å². The van der Waals surface area contributed by atoms with E-state index in [0.29, 0.717) is 16.1 Å². The predicted octanol–water partition coefficient (Wildman–Crippen LogP) is 2.97. The lowest BCUT2D eigenvalue weighted by molar-refractivity contribution is -0.144. The third-order valence-corrected chi connectivity index (χ3v) is 8.51. The molecule has 5 rings (SSSR count). The summed E-state index contributed by atoms with van der Waals surface area (Å²) in [6, 6.07) is 10.4. The molecule has 3 aliphatic rings. The lowest BCUT2D eigenvalue weighted by atomic mass is 9.60. The van der Waals surface area contributed by atoms with Crippen molar-refractivity contribution in [3.05, 3.63) is 70.2 Å². The maximum Gasteiger partial charge on any atom is 0.288 e. The van der Waals surface area contributed by atoms with Gasteiger partial charge in [0.05, 0.1) is 11.3 Å². The van der Waals surface area contributed by atoms with Crippen LogP contribution in [0.3, 0.4) is 0 Å². The zero-order valence-electron chi connectivity index (χ0n) is 21.6. The standard InChI is InChI=1S/C28H27N3O8S/c1-31(2)17-11-16(30-27(38)40-14-6-4-3-5-7-14)22(33)20-15(17)9-12-8-13-10-18(32)21(26(29)37)25(36)28(13,39)24(35)19(12)23(20)34/h3-7,11-13,32-33,35,39H,8-10H2,1-2H3,(H2,29,37)(H,30,38)/t12-,13+,28+/m1/s1. The second-order valence-corrected chi connectivity index (χ2v) is 11.3. The molecule has 7 N–H and O–H groups in total. The molecule has 2 aromatic rings. The van der Waals surface area contributed by atoms with Crippen LogP contribution in [0.4, 0.5) is 16.2 Å². The minimum atomic E-state index is -2.65. The Morgan fingerprint density at radius 1 is 1.10 bits per heavy atom. The summed E-state index contributed by atoms with van der Waals surface area (Å²) in [6.45, 7) is 0.